The minimum Gasteiger partial charge on any atom is -0.285 e. The van der Waals surface area contributed by atoms with E-state index in [1.807, 2.05) is 6.92 Å². The summed E-state index contributed by atoms with van der Waals surface area (Å²) in [5, 5.41) is 7.39. The Morgan fingerprint density at radius 2 is 1.86 bits per heavy atom. The van der Waals surface area contributed by atoms with E-state index in [0.717, 1.165) is 34.7 Å². The van der Waals surface area contributed by atoms with Gasteiger partial charge in [0.2, 0.25) is 0 Å². The Morgan fingerprint density at radius 1 is 1.11 bits per heavy atom. The van der Waals surface area contributed by atoms with Crippen molar-refractivity contribution in [1.29, 1.82) is 0 Å². The Morgan fingerprint density at radius 3 is 2.50 bits per heavy atom. The topological polar surface area (TPSA) is 41.0 Å². The molecule has 0 spiro atoms. The maximum atomic E-state index is 4.81. The third-order valence-corrected chi connectivity index (χ3v) is 5.33. The first-order valence-corrected chi connectivity index (χ1v) is 9.82. The molecule has 3 nitrogen and oxygen atoms in total. The third kappa shape index (κ3) is 3.99. The molecule has 3 rings (SSSR count). The van der Waals surface area contributed by atoms with E-state index in [4.69, 9.17) is 4.99 Å². The maximum absolute atomic E-state index is 4.81. The fourth-order valence-corrected chi connectivity index (χ4v) is 3.68. The lowest BCUT2D eigenvalue weighted by Crippen LogP contribution is -2.02. The number of rotatable bonds is 6. The molecular weight excluding hydrogens is 342 g/mol. The van der Waals surface area contributed by atoms with E-state index < -0.39 is 0 Å². The molecule has 3 heteroatoms. The molecule has 144 valence electrons. The number of aromatic amines is 1. The van der Waals surface area contributed by atoms with Crippen LogP contribution in [0.4, 0.5) is 0 Å². The van der Waals surface area contributed by atoms with Gasteiger partial charge < -0.3 is 0 Å². The molecule has 1 aromatic heterocycles. The molecule has 28 heavy (non-hydrogen) atoms. The molecule has 0 amide bonds. The van der Waals surface area contributed by atoms with Crippen molar-refractivity contribution in [2.75, 3.05) is 6.54 Å². The van der Waals surface area contributed by atoms with Crippen molar-refractivity contribution < 1.29 is 0 Å². The number of aliphatic imine (C=N–C) groups is 1. The predicted molar refractivity (Wildman–Crippen MR) is 120 cm³/mol. The van der Waals surface area contributed by atoms with Crippen molar-refractivity contribution in [2.45, 2.75) is 41.0 Å². The number of aryl methyl sites for hydroxylation is 4. The molecule has 0 unspecified atom stereocenters. The molecule has 0 saturated heterocycles. The zero-order valence-corrected chi connectivity index (χ0v) is 17.6. The van der Waals surface area contributed by atoms with Gasteiger partial charge in [-0.25, -0.2) is 0 Å². The monoisotopic (exact) mass is 371 g/mol. The number of aromatic nitrogens is 2. The quantitative estimate of drug-likeness (QED) is 0.524. The van der Waals surface area contributed by atoms with Crippen molar-refractivity contribution in [3.63, 3.8) is 0 Å². The van der Waals surface area contributed by atoms with Gasteiger partial charge in [0.15, 0.2) is 0 Å². The lowest BCUT2D eigenvalue weighted by atomic mass is 9.95. The third-order valence-electron chi connectivity index (χ3n) is 5.33. The number of hydrogen-bond acceptors (Lipinski definition) is 2. The molecule has 0 fully saturated rings. The van der Waals surface area contributed by atoms with Gasteiger partial charge in [0.25, 0.3) is 0 Å². The molecule has 2 aromatic carbocycles. The van der Waals surface area contributed by atoms with Gasteiger partial charge in [0, 0.05) is 17.0 Å². The van der Waals surface area contributed by atoms with Gasteiger partial charge in [-0.05, 0) is 67.5 Å². The van der Waals surface area contributed by atoms with Crippen molar-refractivity contribution in [1.82, 2.24) is 10.2 Å². The van der Waals surface area contributed by atoms with E-state index in [-0.39, 0.29) is 0 Å². The van der Waals surface area contributed by atoms with Gasteiger partial charge in [-0.15, -0.1) is 0 Å². The van der Waals surface area contributed by atoms with E-state index in [1.54, 1.807) is 0 Å². The summed E-state index contributed by atoms with van der Waals surface area (Å²) in [7, 11) is 0. The van der Waals surface area contributed by atoms with Crippen LogP contribution in [0.2, 0.25) is 0 Å². The van der Waals surface area contributed by atoms with Crippen molar-refractivity contribution in [2.24, 2.45) is 4.99 Å². The first kappa shape index (κ1) is 19.8. The second-order valence-corrected chi connectivity index (χ2v) is 7.35. The molecule has 3 aromatic rings. The van der Waals surface area contributed by atoms with Crippen LogP contribution in [0, 0.1) is 20.8 Å². The molecular formula is C25H29N3. The van der Waals surface area contributed by atoms with Crippen LogP contribution in [0.25, 0.3) is 16.7 Å². The molecule has 0 aliphatic heterocycles. The number of hydrogen-bond donors (Lipinski definition) is 1. The Balaban J connectivity index is 1.81. The zero-order chi connectivity index (χ0) is 20.3. The SMILES string of the molecule is C=C(CN=C(C)c1ccccc1CC)c1ccc(-c2c(C)n[nH]c2C)c(C)c1. The summed E-state index contributed by atoms with van der Waals surface area (Å²) >= 11 is 0. The van der Waals surface area contributed by atoms with E-state index in [0.29, 0.717) is 6.54 Å². The molecule has 0 radical (unpaired) electrons. The van der Waals surface area contributed by atoms with E-state index >= 15 is 0 Å². The van der Waals surface area contributed by atoms with Crippen LogP contribution in [0.15, 0.2) is 54.0 Å². The summed E-state index contributed by atoms with van der Waals surface area (Å²) in [4.78, 5) is 4.81. The Hall–Kier alpha value is -2.94. The summed E-state index contributed by atoms with van der Waals surface area (Å²) < 4.78 is 0. The van der Waals surface area contributed by atoms with Crippen LogP contribution in [0.5, 0.6) is 0 Å². The average molecular weight is 372 g/mol. The summed E-state index contributed by atoms with van der Waals surface area (Å²) in [6.45, 7) is 15.4. The van der Waals surface area contributed by atoms with Gasteiger partial charge in [-0.1, -0.05) is 56.0 Å². The first-order chi connectivity index (χ1) is 13.4. The van der Waals surface area contributed by atoms with Crippen molar-refractivity contribution >= 4 is 11.3 Å². The predicted octanol–water partition coefficient (Wildman–Crippen LogP) is 6.09. The highest BCUT2D eigenvalue weighted by Crippen LogP contribution is 2.30. The van der Waals surface area contributed by atoms with Crippen molar-refractivity contribution in [3.05, 3.63) is 82.7 Å². The normalized spacial score (nSPS) is 11.7. The van der Waals surface area contributed by atoms with Gasteiger partial charge in [0.1, 0.15) is 0 Å². The lowest BCUT2D eigenvalue weighted by molar-refractivity contribution is 1.02. The number of H-pyrrole nitrogens is 1. The highest BCUT2D eigenvalue weighted by molar-refractivity contribution is 6.00. The Bertz CT molecular complexity index is 1020. The minimum absolute atomic E-state index is 0.604. The van der Waals surface area contributed by atoms with E-state index in [2.05, 4.69) is 86.9 Å². The van der Waals surface area contributed by atoms with Gasteiger partial charge in [-0.2, -0.15) is 5.10 Å². The lowest BCUT2D eigenvalue weighted by Gasteiger charge is -2.11. The van der Waals surface area contributed by atoms with Crippen LogP contribution in [-0.2, 0) is 6.42 Å². The summed E-state index contributed by atoms with van der Waals surface area (Å²) in [5.41, 5.74) is 11.6. The van der Waals surface area contributed by atoms with Crippen LogP contribution in [0.1, 0.15) is 47.5 Å². The molecule has 0 saturated carbocycles. The molecule has 0 atom stereocenters. The van der Waals surface area contributed by atoms with Crippen LogP contribution < -0.4 is 0 Å². The smallest absolute Gasteiger partial charge is 0.0672 e. The fourth-order valence-electron chi connectivity index (χ4n) is 3.68. The number of nitrogens with zero attached hydrogens (tertiary/aromatic N) is 2. The highest BCUT2D eigenvalue weighted by atomic mass is 15.1. The molecule has 0 aliphatic carbocycles. The molecule has 0 aliphatic rings. The van der Waals surface area contributed by atoms with Gasteiger partial charge in [0.05, 0.1) is 12.2 Å². The fraction of sp³-hybridized carbons (Fsp3) is 0.280. The second-order valence-electron chi connectivity index (χ2n) is 7.35. The zero-order valence-electron chi connectivity index (χ0n) is 17.6. The summed E-state index contributed by atoms with van der Waals surface area (Å²) in [6, 6.07) is 15.0. The standard InChI is InChI=1S/C25H29N3/c1-7-21-10-8-9-11-24(21)18(4)26-15-17(3)22-12-13-23(16(2)14-22)25-19(5)27-28-20(25)6/h8-14H,3,7,15H2,1-2,4-6H3,(H,27,28). The van der Waals surface area contributed by atoms with Crippen molar-refractivity contribution in [3.8, 4) is 11.1 Å². The van der Waals surface area contributed by atoms with Gasteiger partial charge >= 0.3 is 0 Å². The van der Waals surface area contributed by atoms with Crippen LogP contribution in [0.3, 0.4) is 0 Å². The highest BCUT2D eigenvalue weighted by Gasteiger charge is 2.12. The maximum Gasteiger partial charge on any atom is 0.0672 e. The second kappa shape index (κ2) is 8.39. The molecule has 1 N–H and O–H groups in total. The Kier molecular flexibility index (Phi) is 5.93. The average Bonchev–Trinajstić information content (AvgIpc) is 3.03. The largest absolute Gasteiger partial charge is 0.285 e. The molecule has 0 bridgehead atoms. The summed E-state index contributed by atoms with van der Waals surface area (Å²) in [5.74, 6) is 0. The van der Waals surface area contributed by atoms with Gasteiger partial charge in [-0.3, -0.25) is 10.1 Å². The van der Waals surface area contributed by atoms with E-state index in [1.165, 1.54) is 27.8 Å². The Labute approximate surface area is 168 Å². The van der Waals surface area contributed by atoms with Crippen LogP contribution in [-0.4, -0.2) is 22.5 Å². The van der Waals surface area contributed by atoms with Crippen LogP contribution >= 0.6 is 0 Å². The summed E-state index contributed by atoms with van der Waals surface area (Å²) in [6.07, 6.45) is 1.01. The minimum atomic E-state index is 0.604. The number of benzene rings is 2. The number of nitrogens with one attached hydrogen (secondary N) is 1. The molecule has 1 heterocycles. The first-order valence-electron chi connectivity index (χ1n) is 9.82. The van der Waals surface area contributed by atoms with E-state index in [9.17, 15) is 0 Å².